The number of imidazole rings is 1. The maximum Gasteiger partial charge on any atom is 0.272 e. The Morgan fingerprint density at radius 3 is 2.83 bits per heavy atom. The van der Waals surface area contributed by atoms with Crippen LogP contribution >= 0.6 is 0 Å². The van der Waals surface area contributed by atoms with Crippen LogP contribution in [-0.2, 0) is 0 Å². The average Bonchev–Trinajstić information content (AvgIpc) is 3.24. The zero-order valence-electron chi connectivity index (χ0n) is 16.7. The van der Waals surface area contributed by atoms with Crippen molar-refractivity contribution in [2.45, 2.75) is 25.7 Å². The fourth-order valence-corrected chi connectivity index (χ4v) is 4.09. The van der Waals surface area contributed by atoms with Gasteiger partial charge in [-0.05, 0) is 31.9 Å². The lowest BCUT2D eigenvalue weighted by Crippen LogP contribution is -2.39. The van der Waals surface area contributed by atoms with Crippen molar-refractivity contribution < 1.29 is 4.79 Å². The maximum absolute atomic E-state index is 13.2. The Kier molecular flexibility index (Phi) is 4.71. The van der Waals surface area contributed by atoms with Crippen molar-refractivity contribution in [3.63, 3.8) is 0 Å². The molecular formula is C23H22N6O. The normalized spacial score (nSPS) is 16.7. The molecular weight excluding hydrogens is 376 g/mol. The zero-order valence-corrected chi connectivity index (χ0v) is 16.7. The number of aromatic nitrogens is 5. The lowest BCUT2D eigenvalue weighted by molar-refractivity contribution is 0.0700. The highest BCUT2D eigenvalue weighted by Crippen LogP contribution is 2.31. The molecule has 0 spiro atoms. The van der Waals surface area contributed by atoms with Crippen LogP contribution in [0.3, 0.4) is 0 Å². The van der Waals surface area contributed by atoms with Crippen LogP contribution in [0.4, 0.5) is 0 Å². The number of pyridine rings is 1. The van der Waals surface area contributed by atoms with Gasteiger partial charge in [0.25, 0.3) is 5.91 Å². The molecule has 1 aromatic carbocycles. The number of H-pyrrole nitrogens is 1. The summed E-state index contributed by atoms with van der Waals surface area (Å²) in [6.07, 6.45) is 7.05. The SMILES string of the molecule is Cc1cnc(-c2nccnc2C2CCCN(C(=O)c3ccc4ccccc4n3)C2)[nH]1. The number of rotatable bonds is 3. The van der Waals surface area contributed by atoms with E-state index < -0.39 is 0 Å². The van der Waals surface area contributed by atoms with Gasteiger partial charge in [-0.25, -0.2) is 15.0 Å². The molecule has 0 bridgehead atoms. The maximum atomic E-state index is 13.2. The number of fused-ring (bicyclic) bond motifs is 1. The summed E-state index contributed by atoms with van der Waals surface area (Å²) in [5.41, 5.74) is 3.94. The molecule has 0 saturated carbocycles. The van der Waals surface area contributed by atoms with Gasteiger partial charge in [0.2, 0.25) is 0 Å². The topological polar surface area (TPSA) is 87.7 Å². The minimum Gasteiger partial charge on any atom is -0.341 e. The van der Waals surface area contributed by atoms with Crippen molar-refractivity contribution in [3.05, 3.63) is 72.1 Å². The van der Waals surface area contributed by atoms with Crippen LogP contribution in [0.25, 0.3) is 22.4 Å². The van der Waals surface area contributed by atoms with Crippen LogP contribution in [0, 0.1) is 6.92 Å². The van der Waals surface area contributed by atoms with Gasteiger partial charge in [0.1, 0.15) is 11.4 Å². The van der Waals surface area contributed by atoms with E-state index in [0.29, 0.717) is 12.2 Å². The number of carbonyl (C=O) groups is 1. The van der Waals surface area contributed by atoms with Gasteiger partial charge in [-0.1, -0.05) is 24.3 Å². The van der Waals surface area contributed by atoms with Gasteiger partial charge < -0.3 is 9.88 Å². The first-order valence-electron chi connectivity index (χ1n) is 10.2. The van der Waals surface area contributed by atoms with E-state index in [1.807, 2.05) is 48.2 Å². The summed E-state index contributed by atoms with van der Waals surface area (Å²) in [6.45, 7) is 3.28. The molecule has 1 saturated heterocycles. The van der Waals surface area contributed by atoms with E-state index in [1.54, 1.807) is 18.6 Å². The summed E-state index contributed by atoms with van der Waals surface area (Å²) < 4.78 is 0. The molecule has 4 heterocycles. The third kappa shape index (κ3) is 3.43. The monoisotopic (exact) mass is 398 g/mol. The number of benzene rings is 1. The average molecular weight is 398 g/mol. The summed E-state index contributed by atoms with van der Waals surface area (Å²) in [5.74, 6) is 0.789. The van der Waals surface area contributed by atoms with E-state index in [0.717, 1.165) is 53.2 Å². The van der Waals surface area contributed by atoms with E-state index in [2.05, 4.69) is 24.9 Å². The number of para-hydroxylation sites is 1. The van der Waals surface area contributed by atoms with Gasteiger partial charge in [0.15, 0.2) is 5.82 Å². The third-order valence-electron chi connectivity index (χ3n) is 5.57. The molecule has 3 aromatic heterocycles. The van der Waals surface area contributed by atoms with E-state index >= 15 is 0 Å². The molecule has 30 heavy (non-hydrogen) atoms. The number of hydrogen-bond donors (Lipinski definition) is 1. The van der Waals surface area contributed by atoms with Crippen LogP contribution in [0.1, 0.15) is 40.6 Å². The van der Waals surface area contributed by atoms with Crippen LogP contribution in [0.2, 0.25) is 0 Å². The molecule has 1 amide bonds. The summed E-state index contributed by atoms with van der Waals surface area (Å²) in [6, 6.07) is 11.6. The number of aromatic amines is 1. The molecule has 5 rings (SSSR count). The number of nitrogens with one attached hydrogen (secondary N) is 1. The minimum absolute atomic E-state index is 0.0373. The van der Waals surface area contributed by atoms with Gasteiger partial charge in [0.05, 0.1) is 11.2 Å². The van der Waals surface area contributed by atoms with E-state index in [9.17, 15) is 4.79 Å². The van der Waals surface area contributed by atoms with E-state index in [-0.39, 0.29) is 11.8 Å². The molecule has 150 valence electrons. The quantitative estimate of drug-likeness (QED) is 0.568. The molecule has 1 fully saturated rings. The van der Waals surface area contributed by atoms with Crippen LogP contribution in [-0.4, -0.2) is 48.8 Å². The van der Waals surface area contributed by atoms with Crippen LogP contribution in [0.15, 0.2) is 55.0 Å². The molecule has 1 N–H and O–H groups in total. The Morgan fingerprint density at radius 2 is 1.97 bits per heavy atom. The summed E-state index contributed by atoms with van der Waals surface area (Å²) in [4.78, 5) is 36.5. The van der Waals surface area contributed by atoms with Gasteiger partial charge in [-0.2, -0.15) is 0 Å². The Bertz CT molecular complexity index is 1220. The highest BCUT2D eigenvalue weighted by molar-refractivity contribution is 5.95. The van der Waals surface area contributed by atoms with Crippen LogP contribution < -0.4 is 0 Å². The number of hydrogen-bond acceptors (Lipinski definition) is 5. The predicted octanol–water partition coefficient (Wildman–Crippen LogP) is 3.74. The first-order valence-corrected chi connectivity index (χ1v) is 10.2. The van der Waals surface area contributed by atoms with Gasteiger partial charge in [-0.3, -0.25) is 9.78 Å². The van der Waals surface area contributed by atoms with E-state index in [4.69, 9.17) is 0 Å². The lowest BCUT2D eigenvalue weighted by Gasteiger charge is -2.32. The first-order chi connectivity index (χ1) is 14.7. The molecule has 1 aliphatic heterocycles. The van der Waals surface area contributed by atoms with Crippen molar-refractivity contribution in [1.29, 1.82) is 0 Å². The van der Waals surface area contributed by atoms with Crippen molar-refractivity contribution in [2.24, 2.45) is 0 Å². The molecule has 4 aromatic rings. The van der Waals surface area contributed by atoms with Gasteiger partial charge >= 0.3 is 0 Å². The second-order valence-corrected chi connectivity index (χ2v) is 7.68. The Morgan fingerprint density at radius 1 is 1.10 bits per heavy atom. The Hall–Kier alpha value is -3.61. The third-order valence-corrected chi connectivity index (χ3v) is 5.57. The van der Waals surface area contributed by atoms with Gasteiger partial charge in [-0.15, -0.1) is 0 Å². The summed E-state index contributed by atoms with van der Waals surface area (Å²) in [7, 11) is 0. The fourth-order valence-electron chi connectivity index (χ4n) is 4.09. The number of likely N-dealkylation sites (tertiary alicyclic amines) is 1. The Balaban J connectivity index is 1.42. The molecule has 0 radical (unpaired) electrons. The number of amides is 1. The van der Waals surface area contributed by atoms with E-state index in [1.165, 1.54) is 0 Å². The zero-order chi connectivity index (χ0) is 20.5. The predicted molar refractivity (Wildman–Crippen MR) is 114 cm³/mol. The van der Waals surface area contributed by atoms with Crippen LogP contribution in [0.5, 0.6) is 0 Å². The highest BCUT2D eigenvalue weighted by Gasteiger charge is 2.29. The fraction of sp³-hybridized carbons (Fsp3) is 0.261. The van der Waals surface area contributed by atoms with Crippen molar-refractivity contribution in [3.8, 4) is 11.5 Å². The largest absolute Gasteiger partial charge is 0.341 e. The van der Waals surface area contributed by atoms with Crippen molar-refractivity contribution in [2.75, 3.05) is 13.1 Å². The summed E-state index contributed by atoms with van der Waals surface area (Å²) >= 11 is 0. The molecule has 0 aliphatic carbocycles. The first kappa shape index (κ1) is 18.4. The second-order valence-electron chi connectivity index (χ2n) is 7.68. The molecule has 1 unspecified atom stereocenters. The standard InChI is InChI=1S/C23H22N6O/c1-15-13-26-22(27-15)21-20(24-10-11-25-21)17-6-4-12-29(14-17)23(30)19-9-8-16-5-2-3-7-18(16)28-19/h2-3,5,7-11,13,17H,4,6,12,14H2,1H3,(H,26,27). The molecule has 1 atom stereocenters. The summed E-state index contributed by atoms with van der Waals surface area (Å²) in [5, 5.41) is 1.03. The van der Waals surface area contributed by atoms with Crippen molar-refractivity contribution in [1.82, 2.24) is 29.8 Å². The van der Waals surface area contributed by atoms with Gasteiger partial charge in [0, 0.05) is 48.7 Å². The smallest absolute Gasteiger partial charge is 0.272 e. The number of aryl methyl sites for hydroxylation is 1. The molecule has 7 heteroatoms. The second kappa shape index (κ2) is 7.67. The number of carbonyl (C=O) groups excluding carboxylic acids is 1. The molecule has 1 aliphatic rings. The minimum atomic E-state index is -0.0373. The number of nitrogens with zero attached hydrogens (tertiary/aromatic N) is 5. The number of piperidine rings is 1. The molecule has 7 nitrogen and oxygen atoms in total. The Labute approximate surface area is 174 Å². The highest BCUT2D eigenvalue weighted by atomic mass is 16.2. The van der Waals surface area contributed by atoms with Crippen molar-refractivity contribution >= 4 is 16.8 Å². The lowest BCUT2D eigenvalue weighted by atomic mass is 9.92.